The van der Waals surface area contributed by atoms with E-state index < -0.39 is 0 Å². The number of benzene rings is 2. The summed E-state index contributed by atoms with van der Waals surface area (Å²) in [6.45, 7) is 1.33. The molecule has 2 aromatic carbocycles. The van der Waals surface area contributed by atoms with Gasteiger partial charge in [-0.3, -0.25) is 0 Å². The molecule has 118 valence electrons. The number of hydrogen-bond donors (Lipinski definition) is 1. The van der Waals surface area contributed by atoms with Crippen LogP contribution in [-0.4, -0.2) is 43.1 Å². The minimum absolute atomic E-state index is 0.350. The molecule has 0 fully saturated rings. The zero-order chi connectivity index (χ0) is 16.1. The molecular weight excluding hydrogens is 276 g/mol. The summed E-state index contributed by atoms with van der Waals surface area (Å²) in [5.74, 6) is 1.89. The molecule has 1 N–H and O–H groups in total. The Morgan fingerprint density at radius 3 is 1.77 bits per heavy atom. The number of para-hydroxylation sites is 1. The van der Waals surface area contributed by atoms with E-state index >= 15 is 0 Å². The lowest BCUT2D eigenvalue weighted by Crippen LogP contribution is -2.14. The van der Waals surface area contributed by atoms with Crippen LogP contribution in [0.15, 0.2) is 42.5 Å². The number of ether oxygens (including phenoxy) is 1. The van der Waals surface area contributed by atoms with E-state index in [9.17, 15) is 5.11 Å². The predicted molar refractivity (Wildman–Crippen MR) is 89.4 cm³/mol. The van der Waals surface area contributed by atoms with Crippen LogP contribution in [-0.2, 0) is 13.1 Å². The van der Waals surface area contributed by atoms with Gasteiger partial charge in [0.2, 0.25) is 0 Å². The average Bonchev–Trinajstić information content (AvgIpc) is 2.44. The zero-order valence-corrected chi connectivity index (χ0v) is 13.7. The van der Waals surface area contributed by atoms with Crippen LogP contribution in [0.3, 0.4) is 0 Å². The lowest BCUT2D eigenvalue weighted by atomic mass is 10.1. The third kappa shape index (κ3) is 4.48. The molecule has 22 heavy (non-hydrogen) atoms. The van der Waals surface area contributed by atoms with Crippen molar-refractivity contribution in [1.82, 2.24) is 9.80 Å². The first-order chi connectivity index (χ1) is 10.5. The van der Waals surface area contributed by atoms with Gasteiger partial charge in [0.05, 0.1) is 0 Å². The minimum Gasteiger partial charge on any atom is -0.507 e. The Kier molecular flexibility index (Phi) is 5.41. The highest BCUT2D eigenvalue weighted by molar-refractivity contribution is 5.47. The van der Waals surface area contributed by atoms with Crippen LogP contribution >= 0.6 is 0 Å². The van der Waals surface area contributed by atoms with Gasteiger partial charge in [0.1, 0.15) is 17.2 Å². The second-order valence-corrected chi connectivity index (χ2v) is 5.98. The summed E-state index contributed by atoms with van der Waals surface area (Å²) < 4.78 is 5.93. The van der Waals surface area contributed by atoms with Crippen molar-refractivity contribution in [2.75, 3.05) is 28.2 Å². The van der Waals surface area contributed by atoms with E-state index in [0.29, 0.717) is 18.8 Å². The second kappa shape index (κ2) is 7.29. The average molecular weight is 300 g/mol. The molecular formula is C18H24N2O2. The largest absolute Gasteiger partial charge is 0.507 e. The van der Waals surface area contributed by atoms with E-state index in [-0.39, 0.29) is 0 Å². The van der Waals surface area contributed by atoms with Gasteiger partial charge in [-0.1, -0.05) is 18.2 Å². The van der Waals surface area contributed by atoms with E-state index in [1.54, 1.807) is 0 Å². The van der Waals surface area contributed by atoms with Gasteiger partial charge in [0, 0.05) is 24.2 Å². The molecule has 0 unspecified atom stereocenters. The van der Waals surface area contributed by atoms with Crippen LogP contribution in [0, 0.1) is 0 Å². The summed E-state index contributed by atoms with van der Waals surface area (Å²) in [5.41, 5.74) is 1.74. The molecule has 0 aliphatic rings. The number of phenols is 1. The zero-order valence-electron chi connectivity index (χ0n) is 13.7. The van der Waals surface area contributed by atoms with E-state index in [4.69, 9.17) is 4.74 Å². The molecule has 0 amide bonds. The number of hydrogen-bond acceptors (Lipinski definition) is 4. The van der Waals surface area contributed by atoms with Crippen LogP contribution in [0.4, 0.5) is 0 Å². The van der Waals surface area contributed by atoms with Crippen molar-refractivity contribution in [3.05, 3.63) is 53.6 Å². The standard InChI is InChI=1S/C18H24N2O2/c1-19(2)12-14-10-17(22-16-8-6-5-7-9-16)11-15(18(14)21)13-20(3)4/h5-11,21H,12-13H2,1-4H3. The molecule has 0 saturated carbocycles. The van der Waals surface area contributed by atoms with Gasteiger partial charge in [-0.15, -0.1) is 0 Å². The van der Waals surface area contributed by atoms with Gasteiger partial charge in [0.25, 0.3) is 0 Å². The molecule has 0 aromatic heterocycles. The van der Waals surface area contributed by atoms with Crippen LogP contribution in [0.2, 0.25) is 0 Å². The van der Waals surface area contributed by atoms with Crippen LogP contribution in [0.1, 0.15) is 11.1 Å². The Bertz CT molecular complexity index is 579. The summed E-state index contributed by atoms with van der Waals surface area (Å²) in [6, 6.07) is 13.5. The van der Waals surface area contributed by atoms with E-state index in [1.807, 2.05) is 80.5 Å². The number of phenolic OH excluding ortho intramolecular Hbond substituents is 1. The van der Waals surface area contributed by atoms with Crippen molar-refractivity contribution in [2.45, 2.75) is 13.1 Å². The Morgan fingerprint density at radius 1 is 0.818 bits per heavy atom. The molecule has 0 saturated heterocycles. The summed E-state index contributed by atoms with van der Waals surface area (Å²) in [5, 5.41) is 10.5. The molecule has 4 heteroatoms. The fraction of sp³-hybridized carbons (Fsp3) is 0.333. The highest BCUT2D eigenvalue weighted by Crippen LogP contribution is 2.32. The maximum atomic E-state index is 10.5. The molecule has 2 rings (SSSR count). The third-order valence-electron chi connectivity index (χ3n) is 3.19. The summed E-state index contributed by atoms with van der Waals surface area (Å²) in [4.78, 5) is 4.06. The Labute approximate surface area is 132 Å². The molecule has 0 spiro atoms. The molecule has 0 aliphatic heterocycles. The monoisotopic (exact) mass is 300 g/mol. The lowest BCUT2D eigenvalue weighted by molar-refractivity contribution is 0.365. The normalized spacial score (nSPS) is 11.2. The second-order valence-electron chi connectivity index (χ2n) is 5.98. The molecule has 0 radical (unpaired) electrons. The maximum absolute atomic E-state index is 10.5. The van der Waals surface area contributed by atoms with Gasteiger partial charge in [-0.2, -0.15) is 0 Å². The van der Waals surface area contributed by atoms with Crippen LogP contribution in [0.25, 0.3) is 0 Å². The predicted octanol–water partition coefficient (Wildman–Crippen LogP) is 3.31. The fourth-order valence-electron chi connectivity index (χ4n) is 2.33. The van der Waals surface area contributed by atoms with Crippen molar-refractivity contribution in [2.24, 2.45) is 0 Å². The van der Waals surface area contributed by atoms with E-state index in [0.717, 1.165) is 22.6 Å². The molecule has 2 aromatic rings. The molecule has 0 bridgehead atoms. The maximum Gasteiger partial charge on any atom is 0.128 e. The van der Waals surface area contributed by atoms with Crippen molar-refractivity contribution >= 4 is 0 Å². The SMILES string of the molecule is CN(C)Cc1cc(Oc2ccccc2)cc(CN(C)C)c1O. The third-order valence-corrected chi connectivity index (χ3v) is 3.19. The van der Waals surface area contributed by atoms with Gasteiger partial charge >= 0.3 is 0 Å². The minimum atomic E-state index is 0.350. The van der Waals surface area contributed by atoms with Crippen molar-refractivity contribution in [3.8, 4) is 17.2 Å². The van der Waals surface area contributed by atoms with Crippen molar-refractivity contribution in [1.29, 1.82) is 0 Å². The van der Waals surface area contributed by atoms with E-state index in [2.05, 4.69) is 0 Å². The Hall–Kier alpha value is -2.04. The van der Waals surface area contributed by atoms with Gasteiger partial charge in [-0.25, -0.2) is 0 Å². The van der Waals surface area contributed by atoms with Crippen molar-refractivity contribution in [3.63, 3.8) is 0 Å². The Morgan fingerprint density at radius 2 is 1.32 bits per heavy atom. The van der Waals surface area contributed by atoms with Crippen LogP contribution < -0.4 is 4.74 Å². The van der Waals surface area contributed by atoms with Crippen molar-refractivity contribution < 1.29 is 9.84 Å². The smallest absolute Gasteiger partial charge is 0.128 e. The number of rotatable bonds is 6. The van der Waals surface area contributed by atoms with Crippen LogP contribution in [0.5, 0.6) is 17.2 Å². The summed E-state index contributed by atoms with van der Waals surface area (Å²) >= 11 is 0. The molecule has 4 nitrogen and oxygen atoms in total. The first-order valence-electron chi connectivity index (χ1n) is 7.33. The molecule has 0 aliphatic carbocycles. The quantitative estimate of drug-likeness (QED) is 0.888. The van der Waals surface area contributed by atoms with Gasteiger partial charge < -0.3 is 19.6 Å². The first kappa shape index (κ1) is 16.3. The summed E-state index contributed by atoms with van der Waals surface area (Å²) in [7, 11) is 7.93. The highest BCUT2D eigenvalue weighted by Gasteiger charge is 2.13. The number of nitrogens with zero attached hydrogens (tertiary/aromatic N) is 2. The fourth-order valence-corrected chi connectivity index (χ4v) is 2.33. The lowest BCUT2D eigenvalue weighted by Gasteiger charge is -2.18. The molecule has 0 atom stereocenters. The molecule has 0 heterocycles. The van der Waals surface area contributed by atoms with E-state index in [1.165, 1.54) is 0 Å². The highest BCUT2D eigenvalue weighted by atomic mass is 16.5. The Balaban J connectivity index is 2.35. The van der Waals surface area contributed by atoms with Gasteiger partial charge in [0.15, 0.2) is 0 Å². The van der Waals surface area contributed by atoms with Gasteiger partial charge in [-0.05, 0) is 52.5 Å². The summed E-state index contributed by atoms with van der Waals surface area (Å²) in [6.07, 6.45) is 0. The first-order valence-corrected chi connectivity index (χ1v) is 7.33. The number of aromatic hydroxyl groups is 1. The topological polar surface area (TPSA) is 35.9 Å².